The van der Waals surface area contributed by atoms with E-state index in [2.05, 4.69) is 121 Å². The number of hydrogen-bond acceptors (Lipinski definition) is 1. The number of benzene rings is 5. The highest BCUT2D eigenvalue weighted by atomic mass is 15.0. The SMILES string of the molecule is Cc1cccc(-c2cc(-c3ccc4c5ccccc5n(-c5ccccc5)c4c3)ccc2N)c1. The summed E-state index contributed by atoms with van der Waals surface area (Å²) in [6, 6.07) is 40.8. The van der Waals surface area contributed by atoms with Gasteiger partial charge in [-0.15, -0.1) is 0 Å². The van der Waals surface area contributed by atoms with Crippen LogP contribution in [-0.4, -0.2) is 4.57 Å². The molecule has 2 heteroatoms. The maximum Gasteiger partial charge on any atom is 0.0547 e. The molecule has 5 aromatic carbocycles. The van der Waals surface area contributed by atoms with Crippen molar-refractivity contribution in [2.45, 2.75) is 6.92 Å². The molecule has 0 unspecified atom stereocenters. The lowest BCUT2D eigenvalue weighted by Gasteiger charge is -2.11. The largest absolute Gasteiger partial charge is 0.398 e. The number of rotatable bonds is 3. The zero-order valence-corrected chi connectivity index (χ0v) is 18.5. The summed E-state index contributed by atoms with van der Waals surface area (Å²) in [7, 11) is 0. The van der Waals surface area contributed by atoms with E-state index in [1.54, 1.807) is 0 Å². The van der Waals surface area contributed by atoms with E-state index in [0.29, 0.717) is 0 Å². The van der Waals surface area contributed by atoms with Crippen molar-refractivity contribution < 1.29 is 0 Å². The molecule has 158 valence electrons. The van der Waals surface area contributed by atoms with Gasteiger partial charge in [0.15, 0.2) is 0 Å². The van der Waals surface area contributed by atoms with Crippen LogP contribution in [0.4, 0.5) is 5.69 Å². The Hall–Kier alpha value is -4.30. The standard InChI is InChI=1S/C31H24N2/c1-21-8-7-9-24(18-21)28-19-22(15-17-29(28)32)23-14-16-27-26-12-5-6-13-30(26)33(31(27)20-23)25-10-3-2-4-11-25/h2-20H,32H2,1H3. The zero-order valence-electron chi connectivity index (χ0n) is 18.5. The third-order valence-electron chi connectivity index (χ3n) is 6.40. The first-order valence-electron chi connectivity index (χ1n) is 11.2. The molecule has 0 aliphatic rings. The van der Waals surface area contributed by atoms with Crippen molar-refractivity contribution in [1.29, 1.82) is 0 Å². The fourth-order valence-corrected chi connectivity index (χ4v) is 4.80. The Kier molecular flexibility index (Phi) is 4.51. The lowest BCUT2D eigenvalue weighted by molar-refractivity contribution is 1.18. The Morgan fingerprint density at radius 2 is 1.27 bits per heavy atom. The molecule has 0 amide bonds. The van der Waals surface area contributed by atoms with Gasteiger partial charge >= 0.3 is 0 Å². The Labute approximate surface area is 193 Å². The van der Waals surface area contributed by atoms with E-state index in [1.165, 1.54) is 38.6 Å². The number of nitrogens with zero attached hydrogens (tertiary/aromatic N) is 1. The van der Waals surface area contributed by atoms with Gasteiger partial charge in [0, 0.05) is 27.7 Å². The van der Waals surface area contributed by atoms with E-state index >= 15 is 0 Å². The van der Waals surface area contributed by atoms with Gasteiger partial charge in [-0.2, -0.15) is 0 Å². The van der Waals surface area contributed by atoms with E-state index in [-0.39, 0.29) is 0 Å². The first-order chi connectivity index (χ1) is 16.2. The van der Waals surface area contributed by atoms with E-state index < -0.39 is 0 Å². The normalized spacial score (nSPS) is 11.3. The van der Waals surface area contributed by atoms with Gasteiger partial charge in [0.05, 0.1) is 11.0 Å². The highest BCUT2D eigenvalue weighted by Gasteiger charge is 2.13. The highest BCUT2D eigenvalue weighted by Crippen LogP contribution is 2.36. The molecule has 0 saturated heterocycles. The molecule has 1 aromatic heterocycles. The quantitative estimate of drug-likeness (QED) is 0.287. The smallest absolute Gasteiger partial charge is 0.0547 e. The van der Waals surface area contributed by atoms with Gasteiger partial charge in [0.25, 0.3) is 0 Å². The van der Waals surface area contributed by atoms with E-state index in [0.717, 1.165) is 22.4 Å². The predicted octanol–water partition coefficient (Wildman–Crippen LogP) is 8.01. The summed E-state index contributed by atoms with van der Waals surface area (Å²) < 4.78 is 2.35. The number of aryl methyl sites for hydroxylation is 1. The molecule has 0 saturated carbocycles. The van der Waals surface area contributed by atoms with Crippen molar-refractivity contribution in [1.82, 2.24) is 4.57 Å². The topological polar surface area (TPSA) is 30.9 Å². The second-order valence-corrected chi connectivity index (χ2v) is 8.59. The van der Waals surface area contributed by atoms with Crippen molar-refractivity contribution in [2.24, 2.45) is 0 Å². The molecule has 6 rings (SSSR count). The van der Waals surface area contributed by atoms with Crippen molar-refractivity contribution in [3.63, 3.8) is 0 Å². The number of anilines is 1. The maximum atomic E-state index is 6.39. The Bertz CT molecular complexity index is 1620. The van der Waals surface area contributed by atoms with E-state index in [9.17, 15) is 0 Å². The van der Waals surface area contributed by atoms with Gasteiger partial charge in [-0.25, -0.2) is 0 Å². The minimum atomic E-state index is 0.795. The molecule has 0 aliphatic heterocycles. The van der Waals surface area contributed by atoms with E-state index in [1.807, 2.05) is 6.07 Å². The minimum absolute atomic E-state index is 0.795. The monoisotopic (exact) mass is 424 g/mol. The molecular formula is C31H24N2. The van der Waals surface area contributed by atoms with Gasteiger partial charge < -0.3 is 10.3 Å². The second kappa shape index (κ2) is 7.68. The average Bonchev–Trinajstić information content (AvgIpc) is 3.18. The second-order valence-electron chi connectivity index (χ2n) is 8.59. The summed E-state index contributed by atoms with van der Waals surface area (Å²) in [6.45, 7) is 2.11. The van der Waals surface area contributed by atoms with Crippen LogP contribution in [0.25, 0.3) is 49.7 Å². The van der Waals surface area contributed by atoms with Gasteiger partial charge in [-0.05, 0) is 60.0 Å². The number of para-hydroxylation sites is 2. The fraction of sp³-hybridized carbons (Fsp3) is 0.0323. The predicted molar refractivity (Wildman–Crippen MR) is 141 cm³/mol. The summed E-state index contributed by atoms with van der Waals surface area (Å²) in [5.41, 5.74) is 16.5. The highest BCUT2D eigenvalue weighted by molar-refractivity contribution is 6.10. The summed E-state index contributed by atoms with van der Waals surface area (Å²) in [6.07, 6.45) is 0. The lowest BCUT2D eigenvalue weighted by atomic mass is 9.96. The summed E-state index contributed by atoms with van der Waals surface area (Å²) in [5, 5.41) is 2.52. The maximum absolute atomic E-state index is 6.39. The summed E-state index contributed by atoms with van der Waals surface area (Å²) >= 11 is 0. The molecule has 33 heavy (non-hydrogen) atoms. The van der Waals surface area contributed by atoms with Gasteiger partial charge in [0.2, 0.25) is 0 Å². The van der Waals surface area contributed by atoms with Crippen LogP contribution in [0, 0.1) is 6.92 Å². The number of nitrogen functional groups attached to an aromatic ring is 1. The molecule has 0 spiro atoms. The van der Waals surface area contributed by atoms with Crippen molar-refractivity contribution in [3.8, 4) is 27.9 Å². The van der Waals surface area contributed by atoms with Crippen molar-refractivity contribution in [2.75, 3.05) is 5.73 Å². The van der Waals surface area contributed by atoms with Crippen LogP contribution >= 0.6 is 0 Å². The molecule has 1 heterocycles. The first-order valence-corrected chi connectivity index (χ1v) is 11.2. The van der Waals surface area contributed by atoms with Crippen LogP contribution in [0.1, 0.15) is 5.56 Å². The van der Waals surface area contributed by atoms with Crippen LogP contribution in [0.5, 0.6) is 0 Å². The number of hydrogen-bond donors (Lipinski definition) is 1. The van der Waals surface area contributed by atoms with Gasteiger partial charge in [-0.3, -0.25) is 0 Å². The molecule has 0 fully saturated rings. The van der Waals surface area contributed by atoms with Crippen molar-refractivity contribution in [3.05, 3.63) is 121 Å². The molecule has 0 radical (unpaired) electrons. The Balaban J connectivity index is 1.58. The minimum Gasteiger partial charge on any atom is -0.398 e. The van der Waals surface area contributed by atoms with Gasteiger partial charge in [-0.1, -0.05) is 84.4 Å². The molecule has 2 N–H and O–H groups in total. The van der Waals surface area contributed by atoms with E-state index in [4.69, 9.17) is 5.73 Å². The van der Waals surface area contributed by atoms with Crippen LogP contribution in [0.15, 0.2) is 115 Å². The molecule has 2 nitrogen and oxygen atoms in total. The van der Waals surface area contributed by atoms with Crippen LogP contribution < -0.4 is 5.73 Å². The molecule has 6 aromatic rings. The van der Waals surface area contributed by atoms with Crippen molar-refractivity contribution >= 4 is 27.5 Å². The van der Waals surface area contributed by atoms with Crippen LogP contribution in [0.3, 0.4) is 0 Å². The molecular weight excluding hydrogens is 400 g/mol. The summed E-state index contributed by atoms with van der Waals surface area (Å²) in [5.74, 6) is 0. The van der Waals surface area contributed by atoms with Crippen LogP contribution in [-0.2, 0) is 0 Å². The average molecular weight is 425 g/mol. The molecule has 0 atom stereocenters. The third-order valence-corrected chi connectivity index (χ3v) is 6.40. The number of aromatic nitrogens is 1. The van der Waals surface area contributed by atoms with Crippen LogP contribution in [0.2, 0.25) is 0 Å². The first kappa shape index (κ1) is 19.4. The molecule has 0 bridgehead atoms. The number of fused-ring (bicyclic) bond motifs is 3. The molecule has 0 aliphatic carbocycles. The third kappa shape index (κ3) is 3.28. The Morgan fingerprint density at radius 3 is 2.12 bits per heavy atom. The zero-order chi connectivity index (χ0) is 22.4. The number of nitrogens with two attached hydrogens (primary N) is 1. The summed E-state index contributed by atoms with van der Waals surface area (Å²) in [4.78, 5) is 0. The Morgan fingerprint density at radius 1 is 0.545 bits per heavy atom. The lowest BCUT2D eigenvalue weighted by Crippen LogP contribution is -1.94. The van der Waals surface area contributed by atoms with Gasteiger partial charge in [0.1, 0.15) is 0 Å². The fourth-order valence-electron chi connectivity index (χ4n) is 4.80.